The fourth-order valence-corrected chi connectivity index (χ4v) is 2.67. The Labute approximate surface area is 161 Å². The van der Waals surface area contributed by atoms with Crippen molar-refractivity contribution in [1.29, 1.82) is 5.26 Å². The number of para-hydroxylation sites is 1. The summed E-state index contributed by atoms with van der Waals surface area (Å²) < 4.78 is 16.1. The summed E-state index contributed by atoms with van der Waals surface area (Å²) in [4.78, 5) is 24.5. The summed E-state index contributed by atoms with van der Waals surface area (Å²) in [6.07, 6.45) is 0. The normalized spacial score (nSPS) is 10.4. The molecular weight excluding hydrogens is 360 g/mol. The Bertz CT molecular complexity index is 1050. The number of esters is 1. The van der Waals surface area contributed by atoms with E-state index in [0.29, 0.717) is 29.0 Å². The summed E-state index contributed by atoms with van der Waals surface area (Å²) in [5.74, 6) is -1.24. The molecule has 0 bridgehead atoms. The predicted molar refractivity (Wildman–Crippen MR) is 102 cm³/mol. The van der Waals surface area contributed by atoms with Crippen LogP contribution in [0.25, 0.3) is 11.0 Å². The van der Waals surface area contributed by atoms with Gasteiger partial charge in [0.25, 0.3) is 5.91 Å². The van der Waals surface area contributed by atoms with Gasteiger partial charge >= 0.3 is 5.97 Å². The second kappa shape index (κ2) is 8.84. The zero-order valence-electron chi connectivity index (χ0n) is 15.2. The van der Waals surface area contributed by atoms with Gasteiger partial charge in [0.2, 0.25) is 5.76 Å². The summed E-state index contributed by atoms with van der Waals surface area (Å²) in [5, 5.41) is 12.2. The van der Waals surface area contributed by atoms with E-state index in [1.807, 2.05) is 25.1 Å². The van der Waals surface area contributed by atoms with Crippen LogP contribution in [0.4, 0.5) is 5.69 Å². The third-order valence-corrected chi connectivity index (χ3v) is 3.94. The number of carbonyl (C=O) groups excluding carboxylic acids is 2. The Morgan fingerprint density at radius 2 is 2.00 bits per heavy atom. The zero-order chi connectivity index (χ0) is 19.9. The van der Waals surface area contributed by atoms with E-state index in [-0.39, 0.29) is 12.4 Å². The number of carbonyl (C=O) groups is 2. The average molecular weight is 378 g/mol. The predicted octanol–water partition coefficient (Wildman–Crippen LogP) is 3.64. The van der Waals surface area contributed by atoms with Crippen LogP contribution < -0.4 is 5.32 Å². The number of rotatable bonds is 7. The van der Waals surface area contributed by atoms with Gasteiger partial charge in [-0.05, 0) is 31.2 Å². The van der Waals surface area contributed by atoms with Crippen molar-refractivity contribution < 1.29 is 23.5 Å². The lowest BCUT2D eigenvalue weighted by Crippen LogP contribution is -2.21. The summed E-state index contributed by atoms with van der Waals surface area (Å²) in [7, 11) is 0. The summed E-state index contributed by atoms with van der Waals surface area (Å²) >= 11 is 0. The fraction of sp³-hybridized carbons (Fsp3) is 0.190. The molecule has 0 saturated heterocycles. The number of benzene rings is 2. The van der Waals surface area contributed by atoms with E-state index in [2.05, 4.69) is 5.32 Å². The molecule has 0 atom stereocenters. The van der Waals surface area contributed by atoms with E-state index in [1.54, 1.807) is 30.3 Å². The monoisotopic (exact) mass is 378 g/mol. The van der Waals surface area contributed by atoms with Crippen molar-refractivity contribution in [3.05, 3.63) is 65.4 Å². The first kappa shape index (κ1) is 19.1. The molecule has 0 radical (unpaired) electrons. The van der Waals surface area contributed by atoms with Crippen LogP contribution in [0.1, 0.15) is 28.6 Å². The molecule has 0 saturated carbocycles. The maximum atomic E-state index is 12.5. The molecule has 1 heterocycles. The van der Waals surface area contributed by atoms with Crippen molar-refractivity contribution in [2.75, 3.05) is 18.5 Å². The minimum atomic E-state index is -0.744. The molecule has 7 nitrogen and oxygen atoms in total. The van der Waals surface area contributed by atoms with Crippen molar-refractivity contribution in [3.63, 3.8) is 0 Å². The van der Waals surface area contributed by atoms with Crippen molar-refractivity contribution in [1.82, 2.24) is 0 Å². The second-order valence-corrected chi connectivity index (χ2v) is 5.86. The van der Waals surface area contributed by atoms with Gasteiger partial charge in [-0.25, -0.2) is 4.79 Å². The first-order chi connectivity index (χ1) is 13.6. The fourth-order valence-electron chi connectivity index (χ4n) is 2.67. The third kappa shape index (κ3) is 4.37. The Hall–Kier alpha value is -3.63. The van der Waals surface area contributed by atoms with Gasteiger partial charge in [-0.15, -0.1) is 0 Å². The highest BCUT2D eigenvalue weighted by molar-refractivity contribution is 5.98. The molecule has 1 N–H and O–H groups in total. The highest BCUT2D eigenvalue weighted by Gasteiger charge is 2.22. The van der Waals surface area contributed by atoms with Gasteiger partial charge in [0, 0.05) is 23.2 Å². The van der Waals surface area contributed by atoms with Gasteiger partial charge in [0.1, 0.15) is 5.58 Å². The van der Waals surface area contributed by atoms with E-state index < -0.39 is 18.5 Å². The van der Waals surface area contributed by atoms with E-state index >= 15 is 0 Å². The number of hydrogen-bond donors (Lipinski definition) is 1. The van der Waals surface area contributed by atoms with Gasteiger partial charge in [0.15, 0.2) is 6.61 Å². The smallest absolute Gasteiger partial charge is 0.375 e. The topological polar surface area (TPSA) is 102 Å². The first-order valence-electron chi connectivity index (χ1n) is 8.67. The molecule has 3 aromatic rings. The number of nitrogens with zero attached hydrogens (tertiary/aromatic N) is 1. The quantitative estimate of drug-likeness (QED) is 0.630. The zero-order valence-corrected chi connectivity index (χ0v) is 15.2. The maximum Gasteiger partial charge on any atom is 0.375 e. The molecule has 0 aliphatic carbocycles. The largest absolute Gasteiger partial charge is 0.450 e. The highest BCUT2D eigenvalue weighted by atomic mass is 16.5. The number of amides is 1. The molecule has 0 unspecified atom stereocenters. The van der Waals surface area contributed by atoms with Gasteiger partial charge < -0.3 is 19.2 Å². The molecular formula is C21H18N2O5. The summed E-state index contributed by atoms with van der Waals surface area (Å²) in [5.41, 5.74) is 1.99. The van der Waals surface area contributed by atoms with Crippen LogP contribution in [-0.4, -0.2) is 25.1 Å². The Morgan fingerprint density at radius 3 is 2.79 bits per heavy atom. The molecule has 3 rings (SSSR count). The van der Waals surface area contributed by atoms with E-state index in [4.69, 9.17) is 19.2 Å². The molecule has 0 aliphatic rings. The minimum Gasteiger partial charge on any atom is -0.450 e. The van der Waals surface area contributed by atoms with Gasteiger partial charge in [-0.3, -0.25) is 4.79 Å². The van der Waals surface area contributed by atoms with Gasteiger partial charge in [-0.2, -0.15) is 5.26 Å². The number of hydrogen-bond acceptors (Lipinski definition) is 6. The van der Waals surface area contributed by atoms with E-state index in [0.717, 1.165) is 5.39 Å². The van der Waals surface area contributed by atoms with Crippen LogP contribution in [-0.2, 0) is 20.9 Å². The number of nitriles is 1. The van der Waals surface area contributed by atoms with Crippen molar-refractivity contribution >= 4 is 28.5 Å². The second-order valence-electron chi connectivity index (χ2n) is 5.86. The molecule has 0 spiro atoms. The molecule has 2 aromatic carbocycles. The number of fused-ring (bicyclic) bond motifs is 1. The van der Waals surface area contributed by atoms with Crippen LogP contribution in [0.5, 0.6) is 0 Å². The van der Waals surface area contributed by atoms with Gasteiger partial charge in [-0.1, -0.05) is 24.3 Å². The first-order valence-corrected chi connectivity index (χ1v) is 8.67. The van der Waals surface area contributed by atoms with E-state index in [1.165, 1.54) is 6.07 Å². The van der Waals surface area contributed by atoms with E-state index in [9.17, 15) is 9.59 Å². The van der Waals surface area contributed by atoms with Crippen LogP contribution in [0, 0.1) is 11.3 Å². The number of ether oxygens (including phenoxy) is 2. The minimum absolute atomic E-state index is 0.0222. The van der Waals surface area contributed by atoms with Crippen LogP contribution in [0.2, 0.25) is 0 Å². The van der Waals surface area contributed by atoms with Crippen molar-refractivity contribution in [2.45, 2.75) is 13.5 Å². The maximum absolute atomic E-state index is 12.5. The lowest BCUT2D eigenvalue weighted by Gasteiger charge is -2.07. The molecule has 28 heavy (non-hydrogen) atoms. The molecule has 1 amide bonds. The molecule has 1 aromatic heterocycles. The van der Waals surface area contributed by atoms with Crippen molar-refractivity contribution in [3.8, 4) is 6.07 Å². The standard InChI is InChI=1S/C21H18N2O5/c1-2-26-12-17-16-8-3-4-9-18(16)28-20(17)21(25)27-13-19(24)23-15-7-5-6-14(10-15)11-22/h3-10H,2,12-13H2,1H3,(H,23,24). The Kier molecular flexibility index (Phi) is 6.04. The van der Waals surface area contributed by atoms with Crippen LogP contribution >= 0.6 is 0 Å². The number of furan rings is 1. The van der Waals surface area contributed by atoms with Crippen LogP contribution in [0.3, 0.4) is 0 Å². The Morgan fingerprint density at radius 1 is 1.18 bits per heavy atom. The average Bonchev–Trinajstić information content (AvgIpc) is 3.09. The number of nitrogens with one attached hydrogen (secondary N) is 1. The van der Waals surface area contributed by atoms with Crippen LogP contribution in [0.15, 0.2) is 52.9 Å². The lowest BCUT2D eigenvalue weighted by atomic mass is 10.1. The van der Waals surface area contributed by atoms with Crippen molar-refractivity contribution in [2.24, 2.45) is 0 Å². The summed E-state index contributed by atoms with van der Waals surface area (Å²) in [6, 6.07) is 15.6. The molecule has 0 fully saturated rings. The third-order valence-electron chi connectivity index (χ3n) is 3.94. The molecule has 0 aliphatic heterocycles. The van der Waals surface area contributed by atoms with Gasteiger partial charge in [0.05, 0.1) is 18.2 Å². The number of anilines is 1. The highest BCUT2D eigenvalue weighted by Crippen LogP contribution is 2.27. The Balaban J connectivity index is 1.69. The molecule has 7 heteroatoms. The molecule has 142 valence electrons. The lowest BCUT2D eigenvalue weighted by molar-refractivity contribution is -0.119. The SMILES string of the molecule is CCOCc1c(C(=O)OCC(=O)Nc2cccc(C#N)c2)oc2ccccc12. The summed E-state index contributed by atoms with van der Waals surface area (Å²) in [6.45, 7) is 2.05.